The Morgan fingerprint density at radius 1 is 1.38 bits per heavy atom. The number of hydrogen-bond acceptors (Lipinski definition) is 4. The van der Waals surface area contributed by atoms with Crippen LogP contribution >= 0.6 is 11.3 Å². The summed E-state index contributed by atoms with van der Waals surface area (Å²) in [5, 5.41) is 8.60. The summed E-state index contributed by atoms with van der Waals surface area (Å²) in [6.07, 6.45) is 0. The minimum Gasteiger partial charge on any atom is -0.342 e. The number of carbonyl (C=O) groups is 2. The van der Waals surface area contributed by atoms with Gasteiger partial charge in [-0.3, -0.25) is 4.79 Å². The summed E-state index contributed by atoms with van der Waals surface area (Å²) in [6.45, 7) is 5.86. The quantitative estimate of drug-likeness (QED) is 0.872. The van der Waals surface area contributed by atoms with E-state index in [1.807, 2.05) is 43.5 Å². The van der Waals surface area contributed by atoms with Gasteiger partial charge in [0.15, 0.2) is 0 Å². The van der Waals surface area contributed by atoms with E-state index < -0.39 is 0 Å². The first-order valence-electron chi connectivity index (χ1n) is 7.65. The van der Waals surface area contributed by atoms with Gasteiger partial charge in [0.1, 0.15) is 0 Å². The Morgan fingerprint density at radius 2 is 2.12 bits per heavy atom. The van der Waals surface area contributed by atoms with Gasteiger partial charge in [0, 0.05) is 31.6 Å². The van der Waals surface area contributed by atoms with Gasteiger partial charge in [0.25, 0.3) is 0 Å². The van der Waals surface area contributed by atoms with E-state index in [9.17, 15) is 9.59 Å². The molecule has 0 fully saturated rings. The van der Waals surface area contributed by atoms with Crippen LogP contribution in [0.5, 0.6) is 0 Å². The normalized spacial score (nSPS) is 11.7. The number of nitrogens with one attached hydrogen (secondary N) is 2. The van der Waals surface area contributed by atoms with Crippen LogP contribution in [0.25, 0.3) is 0 Å². The number of benzene rings is 1. The predicted octanol–water partition coefficient (Wildman–Crippen LogP) is 3.31. The molecule has 3 amide bonds. The Morgan fingerprint density at radius 3 is 2.75 bits per heavy atom. The molecule has 1 atom stereocenters. The van der Waals surface area contributed by atoms with Crippen LogP contribution in [0.2, 0.25) is 0 Å². The Labute approximate surface area is 145 Å². The molecule has 2 N–H and O–H groups in total. The molecular weight excluding hydrogens is 324 g/mol. The molecule has 0 radical (unpaired) electrons. The summed E-state index contributed by atoms with van der Waals surface area (Å²) >= 11 is 1.56. The Bertz CT molecular complexity index is 729. The molecule has 128 valence electrons. The molecule has 24 heavy (non-hydrogen) atoms. The molecule has 0 saturated carbocycles. The number of carbonyl (C=O) groups excluding carboxylic acids is 2. The zero-order valence-corrected chi connectivity index (χ0v) is 15.1. The summed E-state index contributed by atoms with van der Waals surface area (Å²) in [6, 6.07) is 6.99. The lowest BCUT2D eigenvalue weighted by Gasteiger charge is -2.16. The fraction of sp³-hybridized carbons (Fsp3) is 0.353. The van der Waals surface area contributed by atoms with Crippen LogP contribution < -0.4 is 10.6 Å². The van der Waals surface area contributed by atoms with Crippen molar-refractivity contribution in [3.63, 3.8) is 0 Å². The second-order valence-electron chi connectivity index (χ2n) is 5.69. The van der Waals surface area contributed by atoms with Crippen molar-refractivity contribution < 1.29 is 9.59 Å². The van der Waals surface area contributed by atoms with Crippen molar-refractivity contribution in [2.45, 2.75) is 33.4 Å². The minimum atomic E-state index is -0.287. The van der Waals surface area contributed by atoms with Crippen LogP contribution in [0, 0.1) is 6.92 Å². The first-order chi connectivity index (χ1) is 11.3. The molecule has 2 aromatic rings. The first kappa shape index (κ1) is 17.9. The second kappa shape index (κ2) is 7.92. The highest BCUT2D eigenvalue weighted by molar-refractivity contribution is 7.09. The van der Waals surface area contributed by atoms with E-state index in [0.717, 1.165) is 16.3 Å². The number of rotatable bonds is 5. The van der Waals surface area contributed by atoms with E-state index in [-0.39, 0.29) is 18.0 Å². The number of urea groups is 1. The smallest absolute Gasteiger partial charge is 0.319 e. The molecule has 0 spiro atoms. The fourth-order valence-electron chi connectivity index (χ4n) is 2.15. The van der Waals surface area contributed by atoms with Gasteiger partial charge in [-0.1, -0.05) is 12.1 Å². The summed E-state index contributed by atoms with van der Waals surface area (Å²) in [7, 11) is 1.74. The SMILES string of the molecule is CC(=O)N(C)Cc1cccc(NC(=O)N[C@H](C)c2csc(C)n2)c1. The van der Waals surface area contributed by atoms with Gasteiger partial charge in [-0.05, 0) is 31.5 Å². The lowest BCUT2D eigenvalue weighted by atomic mass is 10.2. The van der Waals surface area contributed by atoms with Gasteiger partial charge in [-0.15, -0.1) is 11.3 Å². The highest BCUT2D eigenvalue weighted by Crippen LogP contribution is 2.16. The molecule has 0 aliphatic heterocycles. The number of amides is 3. The molecule has 0 aliphatic carbocycles. The number of aryl methyl sites for hydroxylation is 1. The highest BCUT2D eigenvalue weighted by atomic mass is 32.1. The van der Waals surface area contributed by atoms with Crippen molar-refractivity contribution in [2.75, 3.05) is 12.4 Å². The molecule has 1 aromatic heterocycles. The zero-order chi connectivity index (χ0) is 17.7. The van der Waals surface area contributed by atoms with E-state index >= 15 is 0 Å². The van der Waals surface area contributed by atoms with Crippen molar-refractivity contribution in [3.8, 4) is 0 Å². The first-order valence-corrected chi connectivity index (χ1v) is 8.53. The van der Waals surface area contributed by atoms with Gasteiger partial charge in [0.2, 0.25) is 5.91 Å². The number of nitrogens with zero attached hydrogens (tertiary/aromatic N) is 2. The summed E-state index contributed by atoms with van der Waals surface area (Å²) in [5.41, 5.74) is 2.49. The molecule has 7 heteroatoms. The molecule has 0 saturated heterocycles. The average Bonchev–Trinajstić information content (AvgIpc) is 2.94. The maximum atomic E-state index is 12.1. The third kappa shape index (κ3) is 5.06. The van der Waals surface area contributed by atoms with Gasteiger partial charge in [0.05, 0.1) is 16.7 Å². The Balaban J connectivity index is 1.95. The van der Waals surface area contributed by atoms with Gasteiger partial charge in [-0.25, -0.2) is 9.78 Å². The summed E-state index contributed by atoms with van der Waals surface area (Å²) in [4.78, 5) is 29.4. The van der Waals surface area contributed by atoms with Gasteiger partial charge < -0.3 is 15.5 Å². The third-order valence-electron chi connectivity index (χ3n) is 3.57. The molecule has 6 nitrogen and oxygen atoms in total. The number of hydrogen-bond donors (Lipinski definition) is 2. The molecule has 1 aromatic carbocycles. The van der Waals surface area contributed by atoms with Crippen LogP contribution in [-0.2, 0) is 11.3 Å². The fourth-order valence-corrected chi connectivity index (χ4v) is 2.86. The Kier molecular flexibility index (Phi) is 5.92. The molecule has 2 rings (SSSR count). The van der Waals surface area contributed by atoms with E-state index in [1.54, 1.807) is 23.3 Å². The highest BCUT2D eigenvalue weighted by Gasteiger charge is 2.12. The minimum absolute atomic E-state index is 0.00140. The van der Waals surface area contributed by atoms with Gasteiger partial charge in [-0.2, -0.15) is 0 Å². The molecule has 0 unspecified atom stereocenters. The molecule has 1 heterocycles. The van der Waals surface area contributed by atoms with Crippen LogP contribution in [0.1, 0.15) is 36.2 Å². The predicted molar refractivity (Wildman–Crippen MR) is 96.0 cm³/mol. The van der Waals surface area contributed by atoms with Crippen molar-refractivity contribution in [1.82, 2.24) is 15.2 Å². The van der Waals surface area contributed by atoms with Crippen LogP contribution in [0.3, 0.4) is 0 Å². The summed E-state index contributed by atoms with van der Waals surface area (Å²) < 4.78 is 0. The van der Waals surface area contributed by atoms with Crippen molar-refractivity contribution in [3.05, 3.63) is 45.9 Å². The van der Waals surface area contributed by atoms with Crippen LogP contribution in [0.15, 0.2) is 29.6 Å². The van der Waals surface area contributed by atoms with E-state index in [1.165, 1.54) is 6.92 Å². The molecular formula is C17H22N4O2S. The average molecular weight is 346 g/mol. The van der Waals surface area contributed by atoms with Crippen molar-refractivity contribution in [1.29, 1.82) is 0 Å². The van der Waals surface area contributed by atoms with Crippen LogP contribution in [-0.4, -0.2) is 28.9 Å². The van der Waals surface area contributed by atoms with Crippen molar-refractivity contribution >= 4 is 29.0 Å². The van der Waals surface area contributed by atoms with Crippen LogP contribution in [0.4, 0.5) is 10.5 Å². The maximum absolute atomic E-state index is 12.1. The number of aromatic nitrogens is 1. The van der Waals surface area contributed by atoms with Crippen molar-refractivity contribution in [2.24, 2.45) is 0 Å². The molecule has 0 bridgehead atoms. The van der Waals surface area contributed by atoms with E-state index in [0.29, 0.717) is 12.2 Å². The third-order valence-corrected chi connectivity index (χ3v) is 4.36. The standard InChI is InChI=1S/C17H22N4O2S/c1-11(16-10-24-12(2)19-16)18-17(23)20-15-7-5-6-14(8-15)9-21(4)13(3)22/h5-8,10-11H,9H2,1-4H3,(H2,18,20,23)/t11-/m1/s1. The summed E-state index contributed by atoms with van der Waals surface area (Å²) in [5.74, 6) is -0.00140. The van der Waals surface area contributed by atoms with E-state index in [4.69, 9.17) is 0 Å². The monoisotopic (exact) mass is 346 g/mol. The maximum Gasteiger partial charge on any atom is 0.319 e. The van der Waals surface area contributed by atoms with E-state index in [2.05, 4.69) is 15.6 Å². The van der Waals surface area contributed by atoms with Gasteiger partial charge >= 0.3 is 6.03 Å². The lowest BCUT2D eigenvalue weighted by Crippen LogP contribution is -2.31. The zero-order valence-electron chi connectivity index (χ0n) is 14.3. The lowest BCUT2D eigenvalue weighted by molar-refractivity contribution is -0.128. The number of thiazole rings is 1. The Hall–Kier alpha value is -2.41. The molecule has 0 aliphatic rings. The number of anilines is 1. The second-order valence-corrected chi connectivity index (χ2v) is 6.75. The largest absolute Gasteiger partial charge is 0.342 e. The topological polar surface area (TPSA) is 74.3 Å².